The van der Waals surface area contributed by atoms with Crippen LogP contribution in [0.3, 0.4) is 0 Å². The molecule has 0 radical (unpaired) electrons. The summed E-state index contributed by atoms with van der Waals surface area (Å²) in [7, 11) is 0. The molecule has 36 heavy (non-hydrogen) atoms. The van der Waals surface area contributed by atoms with E-state index < -0.39 is 82.7 Å². The van der Waals surface area contributed by atoms with Crippen LogP contribution < -0.4 is 10.1 Å². The molecule has 2 N–H and O–H groups in total. The minimum atomic E-state index is -5.47. The number of nitrogens with one attached hydrogen (secondary N) is 1. The van der Waals surface area contributed by atoms with Crippen LogP contribution in [-0.2, 0) is 28.4 Å². The first kappa shape index (κ1) is 28.4. The standard InChI is InChI=1S/C20H11F10NO5/c21-13-2-1-12(5-8(13)6-14(15(32)33)31-17(35)20(28,29)30)36-16(34)9-3-10(18(22,23)24)7-11(4-9)19(25,26)27/h1-5,7,14H,6H2,(H,31,35)(H,32,33). The lowest BCUT2D eigenvalue weighted by molar-refractivity contribution is -0.175. The smallest absolute Gasteiger partial charge is 0.471 e. The molecular weight excluding hydrogens is 524 g/mol. The number of carboxylic acid groups (broad SMARTS) is 1. The van der Waals surface area contributed by atoms with Gasteiger partial charge in [-0.1, -0.05) is 0 Å². The lowest BCUT2D eigenvalue weighted by Gasteiger charge is -2.17. The first-order valence-corrected chi connectivity index (χ1v) is 9.19. The summed E-state index contributed by atoms with van der Waals surface area (Å²) in [4.78, 5) is 34.4. The molecule has 1 unspecified atom stereocenters. The zero-order chi connectivity index (χ0) is 27.6. The number of hydrogen-bond donors (Lipinski definition) is 2. The second-order valence-corrected chi connectivity index (χ2v) is 7.00. The van der Waals surface area contributed by atoms with Crippen molar-refractivity contribution in [1.82, 2.24) is 5.32 Å². The molecule has 16 heteroatoms. The average Bonchev–Trinajstić information content (AvgIpc) is 2.73. The molecular formula is C20H11F10NO5. The maximum absolute atomic E-state index is 14.1. The highest BCUT2D eigenvalue weighted by Gasteiger charge is 2.41. The summed E-state index contributed by atoms with van der Waals surface area (Å²) in [6, 6.07) is -0.619. The highest BCUT2D eigenvalue weighted by molar-refractivity contribution is 5.91. The number of carbonyl (C=O) groups excluding carboxylic acids is 2. The van der Waals surface area contributed by atoms with Gasteiger partial charge < -0.3 is 15.2 Å². The van der Waals surface area contributed by atoms with Crippen LogP contribution in [0.25, 0.3) is 0 Å². The first-order chi connectivity index (χ1) is 16.3. The Balaban J connectivity index is 2.35. The Labute approximate surface area is 193 Å². The van der Waals surface area contributed by atoms with E-state index in [1.807, 2.05) is 0 Å². The quantitative estimate of drug-likeness (QED) is 0.316. The van der Waals surface area contributed by atoms with Crippen molar-refractivity contribution >= 4 is 17.8 Å². The van der Waals surface area contributed by atoms with Gasteiger partial charge in [0.15, 0.2) is 0 Å². The van der Waals surface area contributed by atoms with Crippen molar-refractivity contribution in [1.29, 1.82) is 0 Å². The molecule has 2 aromatic rings. The fraction of sp³-hybridized carbons (Fsp3) is 0.250. The summed E-state index contributed by atoms with van der Waals surface area (Å²) in [5.41, 5.74) is -5.55. The largest absolute Gasteiger partial charge is 0.480 e. The Hall–Kier alpha value is -3.85. The van der Waals surface area contributed by atoms with Crippen molar-refractivity contribution in [2.45, 2.75) is 31.0 Å². The van der Waals surface area contributed by atoms with E-state index in [1.54, 1.807) is 0 Å². The summed E-state index contributed by atoms with van der Waals surface area (Å²) in [6.45, 7) is 0. The third-order valence-corrected chi connectivity index (χ3v) is 4.34. The fourth-order valence-electron chi connectivity index (χ4n) is 2.67. The number of ether oxygens (including phenoxy) is 1. The molecule has 0 bridgehead atoms. The fourth-order valence-corrected chi connectivity index (χ4v) is 2.67. The van der Waals surface area contributed by atoms with Gasteiger partial charge in [0.05, 0.1) is 16.7 Å². The normalized spacial score (nSPS) is 13.2. The van der Waals surface area contributed by atoms with Crippen molar-refractivity contribution in [2.24, 2.45) is 0 Å². The van der Waals surface area contributed by atoms with Crippen molar-refractivity contribution in [3.63, 3.8) is 0 Å². The second-order valence-electron chi connectivity index (χ2n) is 7.00. The van der Waals surface area contributed by atoms with Gasteiger partial charge in [-0.3, -0.25) is 4.79 Å². The highest BCUT2D eigenvalue weighted by atomic mass is 19.4. The van der Waals surface area contributed by atoms with E-state index in [1.165, 1.54) is 0 Å². The maximum Gasteiger partial charge on any atom is 0.471 e. The van der Waals surface area contributed by atoms with Gasteiger partial charge in [0.2, 0.25) is 0 Å². The summed E-state index contributed by atoms with van der Waals surface area (Å²) in [5.74, 6) is -8.33. The van der Waals surface area contributed by atoms with Gasteiger partial charge in [0, 0.05) is 6.42 Å². The molecule has 0 heterocycles. The van der Waals surface area contributed by atoms with Gasteiger partial charge in [-0.2, -0.15) is 39.5 Å². The first-order valence-electron chi connectivity index (χ1n) is 9.19. The number of aliphatic carboxylic acids is 1. The molecule has 0 aliphatic rings. The topological polar surface area (TPSA) is 92.7 Å². The maximum atomic E-state index is 14.1. The lowest BCUT2D eigenvalue weighted by atomic mass is 10.0. The highest BCUT2D eigenvalue weighted by Crippen LogP contribution is 2.36. The van der Waals surface area contributed by atoms with Crippen molar-refractivity contribution in [2.75, 3.05) is 0 Å². The molecule has 1 atom stereocenters. The van der Waals surface area contributed by atoms with Gasteiger partial charge in [-0.15, -0.1) is 0 Å². The molecule has 0 saturated heterocycles. The van der Waals surface area contributed by atoms with Crippen LogP contribution >= 0.6 is 0 Å². The summed E-state index contributed by atoms with van der Waals surface area (Å²) in [5, 5.41) is 10.1. The van der Waals surface area contributed by atoms with Crippen LogP contribution in [-0.4, -0.2) is 35.2 Å². The van der Waals surface area contributed by atoms with E-state index in [-0.39, 0.29) is 18.2 Å². The minimum Gasteiger partial charge on any atom is -0.480 e. The van der Waals surface area contributed by atoms with Crippen LogP contribution in [0, 0.1) is 5.82 Å². The number of alkyl halides is 9. The molecule has 0 aromatic heterocycles. The van der Waals surface area contributed by atoms with Crippen LogP contribution in [0.15, 0.2) is 36.4 Å². The molecule has 6 nitrogen and oxygen atoms in total. The summed E-state index contributed by atoms with van der Waals surface area (Å²) >= 11 is 0. The van der Waals surface area contributed by atoms with Crippen LogP contribution in [0.5, 0.6) is 5.75 Å². The number of hydrogen-bond acceptors (Lipinski definition) is 4. The van der Waals surface area contributed by atoms with E-state index in [0.29, 0.717) is 18.2 Å². The lowest BCUT2D eigenvalue weighted by Crippen LogP contribution is -2.48. The zero-order valence-electron chi connectivity index (χ0n) is 17.1. The number of carbonyl (C=O) groups is 3. The molecule has 2 aromatic carbocycles. The number of amides is 1. The Kier molecular flexibility index (Phi) is 7.90. The van der Waals surface area contributed by atoms with Gasteiger partial charge in [0.25, 0.3) is 0 Å². The van der Waals surface area contributed by atoms with Crippen molar-refractivity contribution < 1.29 is 68.1 Å². The van der Waals surface area contributed by atoms with Crippen molar-refractivity contribution in [3.05, 3.63) is 64.5 Å². The molecule has 0 saturated carbocycles. The molecule has 0 aliphatic heterocycles. The number of esters is 1. The van der Waals surface area contributed by atoms with E-state index in [0.717, 1.165) is 5.32 Å². The van der Waals surface area contributed by atoms with Crippen molar-refractivity contribution in [3.8, 4) is 5.75 Å². The Morgan fingerprint density at radius 2 is 1.39 bits per heavy atom. The molecule has 0 fully saturated rings. The van der Waals surface area contributed by atoms with Crippen LogP contribution in [0.4, 0.5) is 43.9 Å². The zero-order valence-corrected chi connectivity index (χ0v) is 17.1. The number of benzene rings is 2. The summed E-state index contributed by atoms with van der Waals surface area (Å²) in [6.07, 6.45) is -17.1. The van der Waals surface area contributed by atoms with Crippen LogP contribution in [0.1, 0.15) is 27.0 Å². The van der Waals surface area contributed by atoms with E-state index in [2.05, 4.69) is 4.74 Å². The number of halogens is 10. The second kappa shape index (κ2) is 10.0. The SMILES string of the molecule is O=C(Oc1ccc(F)c(CC(NC(=O)C(F)(F)F)C(=O)O)c1)c1cc(C(F)(F)F)cc(C(F)(F)F)c1. The molecule has 1 amide bonds. The van der Waals surface area contributed by atoms with E-state index in [4.69, 9.17) is 5.11 Å². The third-order valence-electron chi connectivity index (χ3n) is 4.34. The van der Waals surface area contributed by atoms with Gasteiger partial charge in [0.1, 0.15) is 17.6 Å². The van der Waals surface area contributed by atoms with Gasteiger partial charge in [-0.05, 0) is 42.0 Å². The molecule has 0 spiro atoms. The van der Waals surface area contributed by atoms with E-state index >= 15 is 0 Å². The Morgan fingerprint density at radius 1 is 0.861 bits per heavy atom. The van der Waals surface area contributed by atoms with E-state index in [9.17, 15) is 58.3 Å². The molecule has 0 aliphatic carbocycles. The van der Waals surface area contributed by atoms with Crippen LogP contribution in [0.2, 0.25) is 0 Å². The minimum absolute atomic E-state index is 0.0646. The third kappa shape index (κ3) is 7.32. The number of carboxylic acids is 1. The Bertz CT molecular complexity index is 1140. The predicted octanol–water partition coefficient (Wildman–Crippen LogP) is 4.76. The molecule has 196 valence electrons. The molecule has 2 rings (SSSR count). The monoisotopic (exact) mass is 535 g/mol. The average molecular weight is 535 g/mol. The Morgan fingerprint density at radius 3 is 1.83 bits per heavy atom. The van der Waals surface area contributed by atoms with Gasteiger partial charge in [-0.25, -0.2) is 14.0 Å². The predicted molar refractivity (Wildman–Crippen MR) is 97.1 cm³/mol. The number of rotatable bonds is 6. The summed E-state index contributed by atoms with van der Waals surface area (Å²) < 4.78 is 134. The van der Waals surface area contributed by atoms with Gasteiger partial charge >= 0.3 is 36.4 Å².